The number of aryl methyl sites for hydroxylation is 1. The lowest BCUT2D eigenvalue weighted by molar-refractivity contribution is -0.131. The molecule has 0 spiro atoms. The first-order chi connectivity index (χ1) is 7.59. The van der Waals surface area contributed by atoms with E-state index in [1.807, 2.05) is 48.9 Å². The fraction of sp³-hybridized carbons (Fsp3) is 0.154. The molecule has 0 atom stereocenters. The number of hydrogen-bond donors (Lipinski definition) is 1. The van der Waals surface area contributed by atoms with E-state index >= 15 is 0 Å². The number of rotatable bonds is 2. The number of carboxylic acid groups (broad SMARTS) is 1. The average molecular weight is 215 g/mol. The first kappa shape index (κ1) is 10.5. The Morgan fingerprint density at radius 1 is 1.38 bits per heavy atom. The highest BCUT2D eigenvalue weighted by molar-refractivity contribution is 5.92. The summed E-state index contributed by atoms with van der Waals surface area (Å²) in [6.07, 6.45) is 1.23. The van der Waals surface area contributed by atoms with Gasteiger partial charge in [-0.15, -0.1) is 0 Å². The van der Waals surface area contributed by atoms with Crippen molar-refractivity contribution in [2.45, 2.75) is 6.92 Å². The number of aliphatic carboxylic acids is 1. The number of carbonyl (C=O) groups is 1. The van der Waals surface area contributed by atoms with Crippen molar-refractivity contribution in [2.24, 2.45) is 7.05 Å². The van der Waals surface area contributed by atoms with Gasteiger partial charge in [0.05, 0.1) is 0 Å². The molecule has 0 saturated carbocycles. The highest BCUT2D eigenvalue weighted by Gasteiger charge is 2.07. The molecule has 1 heterocycles. The molecule has 3 nitrogen and oxygen atoms in total. The smallest absolute Gasteiger partial charge is 0.328 e. The molecular weight excluding hydrogens is 202 g/mol. The molecule has 0 unspecified atom stereocenters. The molecule has 2 rings (SSSR count). The molecule has 0 aliphatic heterocycles. The second-order valence-electron chi connectivity index (χ2n) is 3.81. The highest BCUT2D eigenvalue weighted by atomic mass is 16.4. The first-order valence-corrected chi connectivity index (χ1v) is 5.05. The molecular formula is C13H13NO2. The summed E-state index contributed by atoms with van der Waals surface area (Å²) in [5.74, 6) is -0.914. The van der Waals surface area contributed by atoms with Crippen LogP contribution in [0, 0.1) is 0 Å². The number of benzene rings is 1. The van der Waals surface area contributed by atoms with Crippen molar-refractivity contribution in [3.63, 3.8) is 0 Å². The van der Waals surface area contributed by atoms with Crippen LogP contribution in [-0.2, 0) is 11.8 Å². The standard InChI is InChI=1S/C13H13NO2/c1-9(7-13(15)16)12-8-10-5-3-4-6-11(10)14(12)2/h3-8H,1-2H3,(H,15,16)/b9-7-. The van der Waals surface area contributed by atoms with Crippen LogP contribution in [0.5, 0.6) is 0 Å². The Kier molecular flexibility index (Phi) is 2.52. The second kappa shape index (κ2) is 3.85. The van der Waals surface area contributed by atoms with Crippen molar-refractivity contribution in [3.05, 3.63) is 42.1 Å². The van der Waals surface area contributed by atoms with Crippen molar-refractivity contribution in [2.75, 3.05) is 0 Å². The molecule has 0 bridgehead atoms. The van der Waals surface area contributed by atoms with Crippen LogP contribution < -0.4 is 0 Å². The topological polar surface area (TPSA) is 42.2 Å². The van der Waals surface area contributed by atoms with Gasteiger partial charge in [0, 0.05) is 29.7 Å². The van der Waals surface area contributed by atoms with E-state index in [0.717, 1.165) is 22.2 Å². The predicted molar refractivity (Wildman–Crippen MR) is 64.2 cm³/mol. The minimum Gasteiger partial charge on any atom is -0.478 e. The Bertz CT molecular complexity index is 579. The third-order valence-corrected chi connectivity index (χ3v) is 2.70. The predicted octanol–water partition coefficient (Wildman–Crippen LogP) is 2.67. The van der Waals surface area contributed by atoms with Crippen LogP contribution in [0.3, 0.4) is 0 Å². The Balaban J connectivity index is 2.62. The van der Waals surface area contributed by atoms with Gasteiger partial charge < -0.3 is 9.67 Å². The average Bonchev–Trinajstić information content (AvgIpc) is 2.56. The number of hydrogen-bond acceptors (Lipinski definition) is 1. The molecule has 1 aromatic heterocycles. The Morgan fingerprint density at radius 3 is 2.69 bits per heavy atom. The molecule has 82 valence electrons. The summed E-state index contributed by atoms with van der Waals surface area (Å²) in [5, 5.41) is 9.85. The van der Waals surface area contributed by atoms with Crippen LogP contribution in [0.25, 0.3) is 16.5 Å². The van der Waals surface area contributed by atoms with Crippen LogP contribution in [0.1, 0.15) is 12.6 Å². The van der Waals surface area contributed by atoms with Crippen molar-refractivity contribution < 1.29 is 9.90 Å². The molecule has 1 aromatic carbocycles. The second-order valence-corrected chi connectivity index (χ2v) is 3.81. The van der Waals surface area contributed by atoms with Crippen LogP contribution in [0.4, 0.5) is 0 Å². The molecule has 0 aliphatic rings. The zero-order valence-corrected chi connectivity index (χ0v) is 9.27. The van der Waals surface area contributed by atoms with Gasteiger partial charge in [-0.1, -0.05) is 18.2 Å². The lowest BCUT2D eigenvalue weighted by Crippen LogP contribution is -1.96. The number of carboxylic acids is 1. The van der Waals surface area contributed by atoms with Gasteiger partial charge in [-0.2, -0.15) is 0 Å². The largest absolute Gasteiger partial charge is 0.478 e. The Morgan fingerprint density at radius 2 is 2.06 bits per heavy atom. The molecule has 0 radical (unpaired) electrons. The quantitative estimate of drug-likeness (QED) is 0.782. The summed E-state index contributed by atoms with van der Waals surface area (Å²) in [4.78, 5) is 10.6. The monoisotopic (exact) mass is 215 g/mol. The number of nitrogens with zero attached hydrogens (tertiary/aromatic N) is 1. The third kappa shape index (κ3) is 1.72. The molecule has 2 aromatic rings. The minimum atomic E-state index is -0.914. The van der Waals surface area contributed by atoms with Crippen LogP contribution in [0.2, 0.25) is 0 Å². The molecule has 0 amide bonds. The number of aromatic nitrogens is 1. The molecule has 1 N–H and O–H groups in total. The fourth-order valence-corrected chi connectivity index (χ4v) is 1.93. The minimum absolute atomic E-state index is 0.756. The lowest BCUT2D eigenvalue weighted by atomic mass is 10.2. The van der Waals surface area contributed by atoms with Gasteiger partial charge in [-0.05, 0) is 24.6 Å². The lowest BCUT2D eigenvalue weighted by Gasteiger charge is -2.03. The van der Waals surface area contributed by atoms with E-state index in [-0.39, 0.29) is 0 Å². The summed E-state index contributed by atoms with van der Waals surface area (Å²) >= 11 is 0. The van der Waals surface area contributed by atoms with Crippen LogP contribution in [-0.4, -0.2) is 15.6 Å². The third-order valence-electron chi connectivity index (χ3n) is 2.70. The zero-order chi connectivity index (χ0) is 11.7. The summed E-state index contributed by atoms with van der Waals surface area (Å²) in [6, 6.07) is 9.99. The zero-order valence-electron chi connectivity index (χ0n) is 9.27. The molecule has 3 heteroatoms. The van der Waals surface area contributed by atoms with E-state index in [0.29, 0.717) is 0 Å². The van der Waals surface area contributed by atoms with Crippen molar-refractivity contribution in [1.82, 2.24) is 4.57 Å². The normalized spacial score (nSPS) is 12.0. The highest BCUT2D eigenvalue weighted by Crippen LogP contribution is 2.23. The van der Waals surface area contributed by atoms with E-state index in [1.54, 1.807) is 0 Å². The number of para-hydroxylation sites is 1. The van der Waals surface area contributed by atoms with Gasteiger partial charge in [0.25, 0.3) is 0 Å². The molecule has 0 saturated heterocycles. The van der Waals surface area contributed by atoms with E-state index in [9.17, 15) is 4.79 Å². The van der Waals surface area contributed by atoms with Gasteiger partial charge in [-0.25, -0.2) is 4.79 Å². The van der Waals surface area contributed by atoms with Crippen LogP contribution >= 0.6 is 0 Å². The first-order valence-electron chi connectivity index (χ1n) is 5.05. The van der Waals surface area contributed by atoms with E-state index in [4.69, 9.17) is 5.11 Å². The van der Waals surface area contributed by atoms with E-state index < -0.39 is 5.97 Å². The summed E-state index contributed by atoms with van der Waals surface area (Å²) < 4.78 is 2.00. The van der Waals surface area contributed by atoms with Crippen molar-refractivity contribution in [1.29, 1.82) is 0 Å². The van der Waals surface area contributed by atoms with Gasteiger partial charge in [0.2, 0.25) is 0 Å². The maximum atomic E-state index is 10.6. The summed E-state index contributed by atoms with van der Waals surface area (Å²) in [5.41, 5.74) is 2.80. The summed E-state index contributed by atoms with van der Waals surface area (Å²) in [7, 11) is 1.94. The maximum Gasteiger partial charge on any atom is 0.328 e. The molecule has 16 heavy (non-hydrogen) atoms. The maximum absolute atomic E-state index is 10.6. The van der Waals surface area contributed by atoms with Crippen molar-refractivity contribution in [3.8, 4) is 0 Å². The van der Waals surface area contributed by atoms with Gasteiger partial charge >= 0.3 is 5.97 Å². The van der Waals surface area contributed by atoms with Crippen LogP contribution in [0.15, 0.2) is 36.4 Å². The summed E-state index contributed by atoms with van der Waals surface area (Å²) in [6.45, 7) is 1.81. The fourth-order valence-electron chi connectivity index (χ4n) is 1.93. The van der Waals surface area contributed by atoms with Crippen molar-refractivity contribution >= 4 is 22.4 Å². The Labute approximate surface area is 93.6 Å². The number of allylic oxidation sites excluding steroid dienone is 1. The molecule has 0 aliphatic carbocycles. The SMILES string of the molecule is C/C(=C/C(=O)O)c1cc2ccccc2n1C. The number of fused-ring (bicyclic) bond motifs is 1. The molecule has 0 fully saturated rings. The van der Waals surface area contributed by atoms with E-state index in [1.165, 1.54) is 6.08 Å². The van der Waals surface area contributed by atoms with Gasteiger partial charge in [-0.3, -0.25) is 0 Å². The Hall–Kier alpha value is -2.03. The van der Waals surface area contributed by atoms with Gasteiger partial charge in [0.1, 0.15) is 0 Å². The van der Waals surface area contributed by atoms with E-state index in [2.05, 4.69) is 0 Å². The van der Waals surface area contributed by atoms with Gasteiger partial charge in [0.15, 0.2) is 0 Å².